The average molecular weight is 538 g/mol. The van der Waals surface area contributed by atoms with Gasteiger partial charge in [0.25, 0.3) is 11.8 Å². The Morgan fingerprint density at radius 1 is 1.05 bits per heavy atom. The molecule has 9 nitrogen and oxygen atoms in total. The van der Waals surface area contributed by atoms with E-state index in [9.17, 15) is 24.8 Å². The Bertz CT molecular complexity index is 1400. The zero-order chi connectivity index (χ0) is 28.6. The van der Waals surface area contributed by atoms with Gasteiger partial charge in [0.2, 0.25) is 5.91 Å². The number of carbonyl (C=O) groups excluding carboxylic acids is 3. The highest BCUT2D eigenvalue weighted by molar-refractivity contribution is 6.03. The van der Waals surface area contributed by atoms with Crippen LogP contribution in [-0.2, 0) is 16.0 Å². The first-order valence-electron chi connectivity index (χ1n) is 13.0. The minimum Gasteiger partial charge on any atom is -0.376 e. The van der Waals surface area contributed by atoms with Crippen molar-refractivity contribution in [1.29, 1.82) is 5.26 Å². The van der Waals surface area contributed by atoms with Gasteiger partial charge in [-0.05, 0) is 35.6 Å². The number of carbonyl (C=O) groups is 3. The lowest BCUT2D eigenvalue weighted by Gasteiger charge is -2.41. The molecule has 0 aliphatic carbocycles. The summed E-state index contributed by atoms with van der Waals surface area (Å²) in [6.45, 7) is 3.32. The molecular formula is C31H31N5O4. The average Bonchev–Trinajstić information content (AvgIpc) is 2.98. The van der Waals surface area contributed by atoms with Crippen molar-refractivity contribution in [2.45, 2.75) is 38.5 Å². The summed E-state index contributed by atoms with van der Waals surface area (Å²) in [4.78, 5) is 47.7. The number of aromatic nitrogens is 1. The molecule has 0 bridgehead atoms. The van der Waals surface area contributed by atoms with Gasteiger partial charge in [0.15, 0.2) is 6.10 Å². The van der Waals surface area contributed by atoms with Crippen LogP contribution in [0, 0.1) is 17.2 Å². The van der Waals surface area contributed by atoms with E-state index in [4.69, 9.17) is 0 Å². The Morgan fingerprint density at radius 2 is 1.73 bits per heavy atom. The molecule has 40 heavy (non-hydrogen) atoms. The zero-order valence-electron chi connectivity index (χ0n) is 22.3. The molecule has 1 aromatic heterocycles. The van der Waals surface area contributed by atoms with Crippen molar-refractivity contribution in [3.05, 3.63) is 108 Å². The number of aliphatic hydroxyl groups excluding tert-OH is 1. The van der Waals surface area contributed by atoms with Crippen molar-refractivity contribution < 1.29 is 19.5 Å². The number of hydrogen-bond donors (Lipinski definition) is 2. The van der Waals surface area contributed by atoms with Gasteiger partial charge in [-0.3, -0.25) is 24.3 Å². The third-order valence-electron chi connectivity index (χ3n) is 6.67. The molecule has 4 rings (SSSR count). The van der Waals surface area contributed by atoms with Crippen LogP contribution in [0.5, 0.6) is 0 Å². The Kier molecular flexibility index (Phi) is 9.04. The molecule has 2 heterocycles. The van der Waals surface area contributed by atoms with E-state index in [1.165, 1.54) is 16.0 Å². The quantitative estimate of drug-likeness (QED) is 0.404. The Morgan fingerprint density at radius 3 is 2.33 bits per heavy atom. The van der Waals surface area contributed by atoms with Crippen LogP contribution < -0.4 is 5.32 Å². The van der Waals surface area contributed by atoms with Crippen molar-refractivity contribution >= 4 is 23.4 Å². The fraction of sp³-hybridized carbons (Fsp3) is 0.258. The standard InChI is InChI=1S/C31H31N5O4/c1-21(2)29-31(40)35(20-28(38)34-25(27(37)17-32)16-22-10-5-3-6-11-22)26(23-12-7-4-8-13-23)19-36(29)30(39)24-14-9-15-33-18-24/h3-15,18-19,21,25,27,29,37H,16,20H2,1-2H3,(H,34,38)/t25?,27?,29-/m1/s1. The molecule has 1 aliphatic heterocycles. The number of rotatable bonds is 9. The van der Waals surface area contributed by atoms with Gasteiger partial charge in [0, 0.05) is 18.6 Å². The van der Waals surface area contributed by atoms with Gasteiger partial charge in [-0.25, -0.2) is 0 Å². The lowest BCUT2D eigenvalue weighted by atomic mass is 9.96. The summed E-state index contributed by atoms with van der Waals surface area (Å²) in [5.41, 5.74) is 2.21. The van der Waals surface area contributed by atoms with Crippen LogP contribution >= 0.6 is 0 Å². The summed E-state index contributed by atoms with van der Waals surface area (Å²) in [7, 11) is 0. The van der Waals surface area contributed by atoms with Crippen LogP contribution in [0.25, 0.3) is 5.70 Å². The number of hydrogen-bond acceptors (Lipinski definition) is 6. The summed E-state index contributed by atoms with van der Waals surface area (Å²) < 4.78 is 0. The number of nitrogens with zero attached hydrogens (tertiary/aromatic N) is 4. The molecule has 1 aliphatic rings. The van der Waals surface area contributed by atoms with E-state index in [0.29, 0.717) is 16.8 Å². The summed E-state index contributed by atoms with van der Waals surface area (Å²) in [5, 5.41) is 22.4. The number of pyridine rings is 1. The molecule has 3 amide bonds. The van der Waals surface area contributed by atoms with Gasteiger partial charge < -0.3 is 15.3 Å². The van der Waals surface area contributed by atoms with Crippen LogP contribution in [0.2, 0.25) is 0 Å². The second-order valence-electron chi connectivity index (χ2n) is 9.89. The molecule has 204 valence electrons. The molecule has 3 atom stereocenters. The first kappa shape index (κ1) is 28.2. The molecule has 0 saturated carbocycles. The van der Waals surface area contributed by atoms with Crippen LogP contribution in [0.3, 0.4) is 0 Å². The second kappa shape index (κ2) is 12.8. The highest BCUT2D eigenvalue weighted by Gasteiger charge is 2.41. The molecule has 0 radical (unpaired) electrons. The molecule has 0 saturated heterocycles. The predicted octanol–water partition coefficient (Wildman–Crippen LogP) is 3.00. The second-order valence-corrected chi connectivity index (χ2v) is 9.89. The summed E-state index contributed by atoms with van der Waals surface area (Å²) in [6, 6.07) is 21.6. The third-order valence-corrected chi connectivity index (χ3v) is 6.67. The topological polar surface area (TPSA) is 127 Å². The molecule has 0 fully saturated rings. The molecule has 2 aromatic carbocycles. The number of nitriles is 1. The molecule has 2 N–H and O–H groups in total. The minimum absolute atomic E-state index is 0.235. The Balaban J connectivity index is 1.67. The van der Waals surface area contributed by atoms with Crippen molar-refractivity contribution in [3.8, 4) is 6.07 Å². The van der Waals surface area contributed by atoms with Gasteiger partial charge >= 0.3 is 0 Å². The van der Waals surface area contributed by atoms with Gasteiger partial charge in [-0.1, -0.05) is 74.5 Å². The van der Waals surface area contributed by atoms with E-state index in [2.05, 4.69) is 10.3 Å². The van der Waals surface area contributed by atoms with E-state index in [-0.39, 0.29) is 24.8 Å². The first-order chi connectivity index (χ1) is 19.3. The van der Waals surface area contributed by atoms with Crippen molar-refractivity contribution in [3.63, 3.8) is 0 Å². The molecule has 0 spiro atoms. The summed E-state index contributed by atoms with van der Waals surface area (Å²) in [6.07, 6.45) is 3.42. The van der Waals surface area contributed by atoms with Gasteiger partial charge in [0.1, 0.15) is 12.6 Å². The van der Waals surface area contributed by atoms with Crippen molar-refractivity contribution in [2.75, 3.05) is 6.54 Å². The van der Waals surface area contributed by atoms with E-state index >= 15 is 0 Å². The fourth-order valence-corrected chi connectivity index (χ4v) is 4.71. The van der Waals surface area contributed by atoms with E-state index < -0.39 is 30.0 Å². The number of nitrogens with one attached hydrogen (secondary N) is 1. The lowest BCUT2D eigenvalue weighted by molar-refractivity contribution is -0.138. The maximum Gasteiger partial charge on any atom is 0.260 e. The summed E-state index contributed by atoms with van der Waals surface area (Å²) in [5.74, 6) is -1.60. The van der Waals surface area contributed by atoms with Crippen LogP contribution in [0.1, 0.15) is 35.3 Å². The largest absolute Gasteiger partial charge is 0.376 e. The maximum atomic E-state index is 14.0. The molecule has 2 unspecified atom stereocenters. The normalized spacial score (nSPS) is 16.6. The predicted molar refractivity (Wildman–Crippen MR) is 149 cm³/mol. The fourth-order valence-electron chi connectivity index (χ4n) is 4.71. The molecular weight excluding hydrogens is 506 g/mol. The maximum absolute atomic E-state index is 14.0. The SMILES string of the molecule is CC(C)[C@@H]1C(=O)N(CC(=O)NC(Cc2ccccc2)C(O)C#N)C(c2ccccc2)=CN1C(=O)c1cccnc1. The highest BCUT2D eigenvalue weighted by atomic mass is 16.3. The smallest absolute Gasteiger partial charge is 0.260 e. The van der Waals surface area contributed by atoms with Gasteiger partial charge in [-0.15, -0.1) is 0 Å². The number of amides is 3. The third kappa shape index (κ3) is 6.42. The van der Waals surface area contributed by atoms with Crippen molar-refractivity contribution in [2.24, 2.45) is 5.92 Å². The van der Waals surface area contributed by atoms with E-state index in [1.807, 2.05) is 50.2 Å². The Hall–Kier alpha value is -4.81. The zero-order valence-corrected chi connectivity index (χ0v) is 22.3. The van der Waals surface area contributed by atoms with Crippen LogP contribution in [0.15, 0.2) is 91.4 Å². The van der Waals surface area contributed by atoms with Crippen molar-refractivity contribution in [1.82, 2.24) is 20.1 Å². The van der Waals surface area contributed by atoms with Crippen LogP contribution in [-0.4, -0.2) is 62.3 Å². The van der Waals surface area contributed by atoms with E-state index in [1.54, 1.807) is 54.9 Å². The highest BCUT2D eigenvalue weighted by Crippen LogP contribution is 2.31. The van der Waals surface area contributed by atoms with Gasteiger partial charge in [0.05, 0.1) is 23.4 Å². The summed E-state index contributed by atoms with van der Waals surface area (Å²) >= 11 is 0. The minimum atomic E-state index is -1.44. The monoisotopic (exact) mass is 537 g/mol. The molecule has 3 aromatic rings. The Labute approximate surface area is 233 Å². The van der Waals surface area contributed by atoms with E-state index in [0.717, 1.165) is 5.56 Å². The number of benzene rings is 2. The van der Waals surface area contributed by atoms with Gasteiger partial charge in [-0.2, -0.15) is 5.26 Å². The number of aliphatic hydroxyl groups is 1. The first-order valence-corrected chi connectivity index (χ1v) is 13.0. The lowest BCUT2D eigenvalue weighted by Crippen LogP contribution is -2.57. The van der Waals surface area contributed by atoms with Crippen LogP contribution in [0.4, 0.5) is 0 Å². The molecule has 9 heteroatoms.